The van der Waals surface area contributed by atoms with Crippen molar-refractivity contribution in [2.24, 2.45) is 7.05 Å². The summed E-state index contributed by atoms with van der Waals surface area (Å²) in [5, 5.41) is 12.0. The fourth-order valence-corrected chi connectivity index (χ4v) is 3.32. The predicted molar refractivity (Wildman–Crippen MR) is 102 cm³/mol. The zero-order valence-corrected chi connectivity index (χ0v) is 15.9. The molecule has 0 aliphatic carbocycles. The van der Waals surface area contributed by atoms with Gasteiger partial charge in [-0.2, -0.15) is 0 Å². The predicted octanol–water partition coefficient (Wildman–Crippen LogP) is 3.61. The lowest BCUT2D eigenvalue weighted by Gasteiger charge is -2.14. The lowest BCUT2D eigenvalue weighted by atomic mass is 10.1. The molecular formula is C19H22N4O2S. The first-order valence-electron chi connectivity index (χ1n) is 8.52. The third-order valence-electron chi connectivity index (χ3n) is 4.17. The van der Waals surface area contributed by atoms with Gasteiger partial charge in [0.15, 0.2) is 16.7 Å². The summed E-state index contributed by atoms with van der Waals surface area (Å²) in [6, 6.07) is 11.9. The van der Waals surface area contributed by atoms with E-state index in [0.717, 1.165) is 12.0 Å². The summed E-state index contributed by atoms with van der Waals surface area (Å²) in [5.74, 6) is 1.54. The van der Waals surface area contributed by atoms with Gasteiger partial charge in [-0.1, -0.05) is 43.0 Å². The zero-order valence-electron chi connectivity index (χ0n) is 15.1. The number of thioether (sulfide) groups is 1. The second-order valence-electron chi connectivity index (χ2n) is 6.02. The monoisotopic (exact) mass is 370 g/mol. The van der Waals surface area contributed by atoms with Crippen molar-refractivity contribution in [2.75, 3.05) is 5.75 Å². The second kappa shape index (κ2) is 8.23. The Morgan fingerprint density at radius 1 is 1.27 bits per heavy atom. The van der Waals surface area contributed by atoms with Crippen molar-refractivity contribution in [2.45, 2.75) is 31.5 Å². The van der Waals surface area contributed by atoms with Crippen molar-refractivity contribution in [3.8, 4) is 11.6 Å². The first kappa shape index (κ1) is 18.3. The van der Waals surface area contributed by atoms with Crippen LogP contribution in [0.2, 0.25) is 0 Å². The average Bonchev–Trinajstić information content (AvgIpc) is 3.29. The molecule has 136 valence electrons. The van der Waals surface area contributed by atoms with E-state index >= 15 is 0 Å². The minimum Gasteiger partial charge on any atom is -0.461 e. The third-order valence-corrected chi connectivity index (χ3v) is 5.19. The molecule has 0 saturated carbocycles. The van der Waals surface area contributed by atoms with Gasteiger partial charge in [0, 0.05) is 7.05 Å². The summed E-state index contributed by atoms with van der Waals surface area (Å²) >= 11 is 1.35. The molecule has 2 aromatic heterocycles. The first-order valence-corrected chi connectivity index (χ1v) is 9.51. The van der Waals surface area contributed by atoms with E-state index in [4.69, 9.17) is 4.42 Å². The smallest absolute Gasteiger partial charge is 0.230 e. The van der Waals surface area contributed by atoms with E-state index in [2.05, 4.69) is 46.7 Å². The molecule has 1 amide bonds. The zero-order chi connectivity index (χ0) is 18.5. The molecule has 0 fully saturated rings. The van der Waals surface area contributed by atoms with Crippen molar-refractivity contribution in [3.63, 3.8) is 0 Å². The molecule has 1 atom stereocenters. The normalized spacial score (nSPS) is 12.1. The van der Waals surface area contributed by atoms with Crippen molar-refractivity contribution in [1.29, 1.82) is 0 Å². The summed E-state index contributed by atoms with van der Waals surface area (Å²) in [4.78, 5) is 12.3. The third kappa shape index (κ3) is 4.16. The molecule has 3 aromatic rings. The molecule has 0 bridgehead atoms. The van der Waals surface area contributed by atoms with Crippen LogP contribution < -0.4 is 5.32 Å². The lowest BCUT2D eigenvalue weighted by Crippen LogP contribution is -2.28. The number of furan rings is 1. The number of carbonyl (C=O) groups is 1. The van der Waals surface area contributed by atoms with Crippen molar-refractivity contribution >= 4 is 17.7 Å². The quantitative estimate of drug-likeness (QED) is 0.643. The average molecular weight is 370 g/mol. The van der Waals surface area contributed by atoms with E-state index < -0.39 is 0 Å². The number of hydrogen-bond donors (Lipinski definition) is 1. The van der Waals surface area contributed by atoms with E-state index in [1.165, 1.54) is 17.3 Å². The Balaban J connectivity index is 1.55. The van der Waals surface area contributed by atoms with Crippen LogP contribution >= 0.6 is 11.8 Å². The summed E-state index contributed by atoms with van der Waals surface area (Å²) in [5.41, 5.74) is 2.39. The van der Waals surface area contributed by atoms with Crippen LogP contribution in [-0.2, 0) is 18.3 Å². The number of aromatic nitrogens is 3. The summed E-state index contributed by atoms with van der Waals surface area (Å²) < 4.78 is 7.17. The molecule has 0 spiro atoms. The number of rotatable bonds is 7. The Bertz CT molecular complexity index is 856. The van der Waals surface area contributed by atoms with Crippen LogP contribution in [0.25, 0.3) is 11.6 Å². The van der Waals surface area contributed by atoms with Gasteiger partial charge in [-0.3, -0.25) is 4.79 Å². The van der Waals surface area contributed by atoms with Gasteiger partial charge in [-0.15, -0.1) is 10.2 Å². The number of carbonyl (C=O) groups excluding carboxylic acids is 1. The van der Waals surface area contributed by atoms with E-state index in [1.807, 2.05) is 24.6 Å². The molecule has 0 unspecified atom stereocenters. The molecule has 0 saturated heterocycles. The lowest BCUT2D eigenvalue weighted by molar-refractivity contribution is -0.119. The van der Waals surface area contributed by atoms with Gasteiger partial charge in [0.25, 0.3) is 0 Å². The molecule has 0 aliphatic rings. The molecule has 26 heavy (non-hydrogen) atoms. The Labute approximate surface area is 157 Å². The Kier molecular flexibility index (Phi) is 5.78. The first-order chi connectivity index (χ1) is 12.6. The van der Waals surface area contributed by atoms with Gasteiger partial charge in [0.1, 0.15) is 0 Å². The number of amides is 1. The van der Waals surface area contributed by atoms with Gasteiger partial charge in [-0.25, -0.2) is 0 Å². The largest absolute Gasteiger partial charge is 0.461 e. The highest BCUT2D eigenvalue weighted by atomic mass is 32.2. The minimum absolute atomic E-state index is 0.0350. The van der Waals surface area contributed by atoms with E-state index in [9.17, 15) is 4.79 Å². The molecule has 0 radical (unpaired) electrons. The van der Waals surface area contributed by atoms with Crippen LogP contribution in [0.3, 0.4) is 0 Å². The summed E-state index contributed by atoms with van der Waals surface area (Å²) in [6.45, 7) is 4.11. The number of benzene rings is 1. The molecule has 1 aromatic carbocycles. The standard InChI is InChI=1S/C19H22N4O2S/c1-4-14-7-9-15(10-8-14)13(2)20-17(24)12-26-19-22-21-18(23(19)3)16-6-5-11-25-16/h5-11,13H,4,12H2,1-3H3,(H,20,24)/t13-/m1/s1. The van der Waals surface area contributed by atoms with Crippen molar-refractivity contribution in [1.82, 2.24) is 20.1 Å². The van der Waals surface area contributed by atoms with Crippen LogP contribution in [0.15, 0.2) is 52.2 Å². The van der Waals surface area contributed by atoms with Gasteiger partial charge < -0.3 is 14.3 Å². The van der Waals surface area contributed by atoms with Gasteiger partial charge >= 0.3 is 0 Å². The maximum Gasteiger partial charge on any atom is 0.230 e. The van der Waals surface area contributed by atoms with Gasteiger partial charge in [-0.05, 0) is 36.6 Å². The fourth-order valence-electron chi connectivity index (χ4n) is 2.60. The second-order valence-corrected chi connectivity index (χ2v) is 6.96. The number of hydrogen-bond acceptors (Lipinski definition) is 5. The maximum absolute atomic E-state index is 12.3. The molecule has 3 rings (SSSR count). The van der Waals surface area contributed by atoms with Crippen molar-refractivity contribution < 1.29 is 9.21 Å². The van der Waals surface area contributed by atoms with Crippen LogP contribution in [0, 0.1) is 0 Å². The summed E-state index contributed by atoms with van der Waals surface area (Å²) in [6.07, 6.45) is 2.61. The van der Waals surface area contributed by atoms with Crippen LogP contribution in [0.5, 0.6) is 0 Å². The highest BCUT2D eigenvalue weighted by Gasteiger charge is 2.15. The fraction of sp³-hybridized carbons (Fsp3) is 0.316. The SMILES string of the molecule is CCc1ccc([C@@H](C)NC(=O)CSc2nnc(-c3ccco3)n2C)cc1. The molecular weight excluding hydrogens is 348 g/mol. The highest BCUT2D eigenvalue weighted by molar-refractivity contribution is 7.99. The Hall–Kier alpha value is -2.54. The maximum atomic E-state index is 12.3. The van der Waals surface area contributed by atoms with Crippen molar-refractivity contribution in [3.05, 3.63) is 53.8 Å². The topological polar surface area (TPSA) is 73.0 Å². The number of aryl methyl sites for hydroxylation is 1. The molecule has 2 heterocycles. The van der Waals surface area contributed by atoms with Crippen LogP contribution in [-0.4, -0.2) is 26.4 Å². The van der Waals surface area contributed by atoms with Gasteiger partial charge in [0.05, 0.1) is 18.1 Å². The van der Waals surface area contributed by atoms with Crippen LogP contribution in [0.4, 0.5) is 0 Å². The molecule has 7 heteroatoms. The Morgan fingerprint density at radius 3 is 2.69 bits per heavy atom. The molecule has 0 aliphatic heterocycles. The van der Waals surface area contributed by atoms with E-state index in [-0.39, 0.29) is 17.7 Å². The Morgan fingerprint density at radius 2 is 2.04 bits per heavy atom. The molecule has 6 nitrogen and oxygen atoms in total. The highest BCUT2D eigenvalue weighted by Crippen LogP contribution is 2.23. The van der Waals surface area contributed by atoms with E-state index in [1.54, 1.807) is 12.3 Å². The number of nitrogens with zero attached hydrogens (tertiary/aromatic N) is 3. The summed E-state index contributed by atoms with van der Waals surface area (Å²) in [7, 11) is 1.86. The van der Waals surface area contributed by atoms with Crippen LogP contribution in [0.1, 0.15) is 31.0 Å². The minimum atomic E-state index is -0.0374. The van der Waals surface area contributed by atoms with Gasteiger partial charge in [0.2, 0.25) is 5.91 Å². The van der Waals surface area contributed by atoms with E-state index in [0.29, 0.717) is 16.7 Å². The molecule has 1 N–H and O–H groups in total. The number of nitrogens with one attached hydrogen (secondary N) is 1.